The van der Waals surface area contributed by atoms with Gasteiger partial charge >= 0.3 is 0 Å². The van der Waals surface area contributed by atoms with Crippen molar-refractivity contribution in [1.82, 2.24) is 0 Å². The van der Waals surface area contributed by atoms with E-state index >= 15 is 0 Å². The number of carbonyl (C=O) groups is 1. The van der Waals surface area contributed by atoms with E-state index in [0.717, 1.165) is 31.6 Å². The highest BCUT2D eigenvalue weighted by molar-refractivity contribution is 5.93. The van der Waals surface area contributed by atoms with Crippen LogP contribution in [0.15, 0.2) is 18.2 Å². The van der Waals surface area contributed by atoms with Crippen molar-refractivity contribution < 1.29 is 18.5 Å². The maximum absolute atomic E-state index is 13.5. The molecule has 1 heterocycles. The van der Waals surface area contributed by atoms with Gasteiger partial charge in [0, 0.05) is 12.0 Å². The zero-order valence-corrected chi connectivity index (χ0v) is 11.9. The molecule has 0 aromatic heterocycles. The second-order valence-corrected chi connectivity index (χ2v) is 5.69. The molecule has 1 aromatic rings. The van der Waals surface area contributed by atoms with Crippen LogP contribution < -0.4 is 10.2 Å². The highest BCUT2D eigenvalue weighted by atomic mass is 19.1. The number of halogens is 2. The van der Waals surface area contributed by atoms with Crippen molar-refractivity contribution in [3.8, 4) is 0 Å². The summed E-state index contributed by atoms with van der Waals surface area (Å²) in [6.45, 7) is 5.96. The number of anilines is 1. The molecule has 3 nitrogen and oxygen atoms in total. The molecule has 5 heteroatoms. The summed E-state index contributed by atoms with van der Waals surface area (Å²) in [5, 5.41) is 2.55. The van der Waals surface area contributed by atoms with Crippen molar-refractivity contribution in [2.45, 2.75) is 32.7 Å². The lowest BCUT2D eigenvalue weighted by atomic mass is 9.99. The molecule has 1 aromatic carbocycles. The quantitative estimate of drug-likeness (QED) is 0.868. The van der Waals surface area contributed by atoms with E-state index in [2.05, 4.69) is 12.2 Å². The minimum Gasteiger partial charge on any atom is -0.325 e. The number of nitrogens with one attached hydrogen (secondary N) is 2. The van der Waals surface area contributed by atoms with Gasteiger partial charge in [-0.25, -0.2) is 8.78 Å². The smallest absolute Gasteiger partial charge is 0.282 e. The fraction of sp³-hybridized carbons (Fsp3) is 0.533. The first-order valence-corrected chi connectivity index (χ1v) is 7.08. The number of rotatable bonds is 3. The number of hydrogen-bond donors (Lipinski definition) is 2. The van der Waals surface area contributed by atoms with E-state index < -0.39 is 11.6 Å². The molecule has 2 rings (SSSR count). The Labute approximate surface area is 118 Å². The first kappa shape index (κ1) is 14.9. The van der Waals surface area contributed by atoms with Crippen LogP contribution in [0.3, 0.4) is 0 Å². The van der Waals surface area contributed by atoms with Gasteiger partial charge in [-0.2, -0.15) is 0 Å². The predicted octanol–water partition coefficient (Wildman–Crippen LogP) is 1.61. The molecular weight excluding hydrogens is 262 g/mol. The summed E-state index contributed by atoms with van der Waals surface area (Å²) in [6.07, 6.45) is 2.31. The van der Waals surface area contributed by atoms with Crippen LogP contribution in [0.1, 0.15) is 26.7 Å². The number of piperidine rings is 1. The standard InChI is InChI=1S/C15H20F2N2O/c1-10-4-3-7-19(9-10)11(2)15(20)18-14-6-5-12(16)8-13(14)17/h5-6,8,10-11H,3-4,7,9H2,1-2H3,(H,18,20)/p+1/t10-,11+/m1/s1. The van der Waals surface area contributed by atoms with Gasteiger partial charge in [0.1, 0.15) is 11.6 Å². The van der Waals surface area contributed by atoms with E-state index in [1.807, 2.05) is 6.92 Å². The Morgan fingerprint density at radius 3 is 2.85 bits per heavy atom. The summed E-state index contributed by atoms with van der Waals surface area (Å²) >= 11 is 0. The first-order chi connectivity index (χ1) is 9.47. The maximum Gasteiger partial charge on any atom is 0.282 e. The van der Waals surface area contributed by atoms with Crippen molar-refractivity contribution in [2.75, 3.05) is 18.4 Å². The lowest BCUT2D eigenvalue weighted by Gasteiger charge is -2.31. The molecule has 0 radical (unpaired) electrons. The fourth-order valence-corrected chi connectivity index (χ4v) is 2.74. The number of carbonyl (C=O) groups excluding carboxylic acids is 1. The van der Waals surface area contributed by atoms with E-state index in [1.165, 1.54) is 17.4 Å². The van der Waals surface area contributed by atoms with E-state index in [9.17, 15) is 13.6 Å². The lowest BCUT2D eigenvalue weighted by molar-refractivity contribution is -0.922. The number of hydrogen-bond acceptors (Lipinski definition) is 1. The molecular formula is C15H21F2N2O+. The molecule has 20 heavy (non-hydrogen) atoms. The van der Waals surface area contributed by atoms with E-state index in [4.69, 9.17) is 0 Å². The minimum absolute atomic E-state index is 0.0349. The number of amides is 1. The van der Waals surface area contributed by atoms with Gasteiger partial charge in [-0.05, 0) is 31.9 Å². The normalized spacial score (nSPS) is 24.2. The zero-order chi connectivity index (χ0) is 14.7. The Kier molecular flexibility index (Phi) is 4.70. The molecule has 2 N–H and O–H groups in total. The number of likely N-dealkylation sites (tertiary alicyclic amines) is 1. The van der Waals surface area contributed by atoms with E-state index in [-0.39, 0.29) is 17.6 Å². The first-order valence-electron chi connectivity index (χ1n) is 7.08. The molecule has 110 valence electrons. The van der Waals surface area contributed by atoms with E-state index in [1.54, 1.807) is 0 Å². The summed E-state index contributed by atoms with van der Waals surface area (Å²) in [7, 11) is 0. The molecule has 1 aliphatic rings. The SMILES string of the molecule is C[C@@H]1CCC[NH+]([C@@H](C)C(=O)Nc2ccc(F)cc2F)C1. The topological polar surface area (TPSA) is 33.5 Å². The Morgan fingerprint density at radius 1 is 1.45 bits per heavy atom. The predicted molar refractivity (Wildman–Crippen MR) is 73.5 cm³/mol. The van der Waals surface area contributed by atoms with Crippen molar-refractivity contribution in [3.63, 3.8) is 0 Å². The highest BCUT2D eigenvalue weighted by Crippen LogP contribution is 2.15. The van der Waals surface area contributed by atoms with Crippen molar-refractivity contribution >= 4 is 11.6 Å². The average molecular weight is 283 g/mol. The molecule has 0 bridgehead atoms. The van der Waals surface area contributed by atoms with Crippen molar-refractivity contribution in [2.24, 2.45) is 5.92 Å². The van der Waals surface area contributed by atoms with Crippen LogP contribution in [-0.4, -0.2) is 25.0 Å². The van der Waals surface area contributed by atoms with Gasteiger partial charge in [0.15, 0.2) is 6.04 Å². The summed E-state index contributed by atoms with van der Waals surface area (Å²) in [6, 6.07) is 2.93. The van der Waals surface area contributed by atoms with Crippen LogP contribution in [0, 0.1) is 17.6 Å². The largest absolute Gasteiger partial charge is 0.325 e. The van der Waals surface area contributed by atoms with Gasteiger partial charge in [-0.3, -0.25) is 4.79 Å². The van der Waals surface area contributed by atoms with Crippen molar-refractivity contribution in [3.05, 3.63) is 29.8 Å². The molecule has 3 atom stereocenters. The van der Waals surface area contributed by atoms with Crippen LogP contribution in [-0.2, 0) is 4.79 Å². The second-order valence-electron chi connectivity index (χ2n) is 5.69. The Bertz CT molecular complexity index is 493. The highest BCUT2D eigenvalue weighted by Gasteiger charge is 2.29. The van der Waals surface area contributed by atoms with Crippen molar-refractivity contribution in [1.29, 1.82) is 0 Å². The van der Waals surface area contributed by atoms with Crippen LogP contribution in [0.4, 0.5) is 14.5 Å². The summed E-state index contributed by atoms with van der Waals surface area (Å²) in [5.41, 5.74) is 0.0349. The third kappa shape index (κ3) is 3.54. The van der Waals surface area contributed by atoms with Crippen LogP contribution in [0.25, 0.3) is 0 Å². The van der Waals surface area contributed by atoms with Gasteiger partial charge in [0.05, 0.1) is 18.8 Å². The van der Waals surface area contributed by atoms with Gasteiger partial charge in [-0.15, -0.1) is 0 Å². The molecule has 1 saturated heterocycles. The fourth-order valence-electron chi connectivity index (χ4n) is 2.74. The molecule has 0 aliphatic carbocycles. The third-order valence-electron chi connectivity index (χ3n) is 4.00. The summed E-state index contributed by atoms with van der Waals surface area (Å²) in [5.74, 6) is -1.01. The molecule has 1 fully saturated rings. The third-order valence-corrected chi connectivity index (χ3v) is 4.00. The summed E-state index contributed by atoms with van der Waals surface area (Å²) < 4.78 is 26.3. The van der Waals surface area contributed by atoms with Gasteiger partial charge in [0.2, 0.25) is 0 Å². The molecule has 1 aliphatic heterocycles. The van der Waals surface area contributed by atoms with Crippen LogP contribution >= 0.6 is 0 Å². The Hall–Kier alpha value is -1.49. The molecule has 1 unspecified atom stereocenters. The maximum atomic E-state index is 13.5. The van der Waals surface area contributed by atoms with Gasteiger partial charge in [0.25, 0.3) is 5.91 Å². The zero-order valence-electron chi connectivity index (χ0n) is 11.9. The second kappa shape index (κ2) is 6.31. The molecule has 0 saturated carbocycles. The monoisotopic (exact) mass is 283 g/mol. The minimum atomic E-state index is -0.743. The van der Waals surface area contributed by atoms with Crippen LogP contribution in [0.5, 0.6) is 0 Å². The Balaban J connectivity index is 2.00. The van der Waals surface area contributed by atoms with E-state index in [0.29, 0.717) is 5.92 Å². The summed E-state index contributed by atoms with van der Waals surface area (Å²) in [4.78, 5) is 13.4. The van der Waals surface area contributed by atoms with Crippen LogP contribution in [0.2, 0.25) is 0 Å². The van der Waals surface area contributed by atoms with Gasteiger partial charge < -0.3 is 10.2 Å². The average Bonchev–Trinajstić information content (AvgIpc) is 2.41. The molecule has 1 amide bonds. The molecule has 0 spiro atoms. The van der Waals surface area contributed by atoms with Gasteiger partial charge in [-0.1, -0.05) is 6.92 Å². The lowest BCUT2D eigenvalue weighted by Crippen LogP contribution is -3.17. The number of benzene rings is 1. The number of quaternary nitrogens is 1. The Morgan fingerprint density at radius 2 is 2.20 bits per heavy atom.